The van der Waals surface area contributed by atoms with E-state index in [1.54, 1.807) is 11.3 Å². The van der Waals surface area contributed by atoms with Crippen LogP contribution in [-0.4, -0.2) is 21.5 Å². The molecule has 0 aliphatic rings. The van der Waals surface area contributed by atoms with Crippen molar-refractivity contribution in [3.05, 3.63) is 28.0 Å². The van der Waals surface area contributed by atoms with E-state index in [9.17, 15) is 0 Å². The van der Waals surface area contributed by atoms with Crippen molar-refractivity contribution in [3.8, 4) is 0 Å². The minimum atomic E-state index is 0.141. The maximum absolute atomic E-state index is 4.59. The quantitative estimate of drug-likeness (QED) is 0.814. The van der Waals surface area contributed by atoms with Crippen molar-refractivity contribution >= 4 is 23.0 Å². The first kappa shape index (κ1) is 15.7. The van der Waals surface area contributed by atoms with Crippen molar-refractivity contribution in [1.82, 2.24) is 15.0 Å². The van der Waals surface area contributed by atoms with Crippen molar-refractivity contribution in [2.45, 2.75) is 46.6 Å². The summed E-state index contributed by atoms with van der Waals surface area (Å²) in [6, 6.07) is 2.10. The molecule has 0 amide bonds. The summed E-state index contributed by atoms with van der Waals surface area (Å²) in [7, 11) is 0. The van der Waals surface area contributed by atoms with Crippen LogP contribution in [0.25, 0.3) is 0 Å². The van der Waals surface area contributed by atoms with Gasteiger partial charge in [-0.15, -0.1) is 11.3 Å². The van der Waals surface area contributed by atoms with E-state index >= 15 is 0 Å². The van der Waals surface area contributed by atoms with Gasteiger partial charge in [0.25, 0.3) is 0 Å². The number of aryl methyl sites for hydroxylation is 2. The van der Waals surface area contributed by atoms with Gasteiger partial charge >= 0.3 is 0 Å². The van der Waals surface area contributed by atoms with E-state index in [1.165, 1.54) is 0 Å². The van der Waals surface area contributed by atoms with Gasteiger partial charge in [-0.2, -0.15) is 0 Å². The van der Waals surface area contributed by atoms with Crippen molar-refractivity contribution < 1.29 is 0 Å². The number of rotatable bonds is 7. The molecule has 0 fully saturated rings. The molecule has 0 aliphatic heterocycles. The van der Waals surface area contributed by atoms with Crippen LogP contribution < -0.4 is 10.6 Å². The van der Waals surface area contributed by atoms with Gasteiger partial charge in [-0.3, -0.25) is 0 Å². The SMILES string of the molecule is CCCc1nc(NCC)cc(NC(C)c2nc(C)cs2)n1. The molecule has 0 saturated carbocycles. The molecular formula is C15H23N5S. The van der Waals surface area contributed by atoms with Crippen LogP contribution in [0.1, 0.15) is 49.8 Å². The van der Waals surface area contributed by atoms with Crippen molar-refractivity contribution in [2.75, 3.05) is 17.2 Å². The molecular weight excluding hydrogens is 282 g/mol. The first-order valence-electron chi connectivity index (χ1n) is 7.42. The highest BCUT2D eigenvalue weighted by molar-refractivity contribution is 7.09. The third-order valence-corrected chi connectivity index (χ3v) is 4.12. The molecule has 2 heterocycles. The lowest BCUT2D eigenvalue weighted by Gasteiger charge is -2.14. The van der Waals surface area contributed by atoms with Crippen LogP contribution in [0.15, 0.2) is 11.4 Å². The Morgan fingerprint density at radius 2 is 1.95 bits per heavy atom. The number of anilines is 2. The van der Waals surface area contributed by atoms with Crippen molar-refractivity contribution in [2.24, 2.45) is 0 Å². The average Bonchev–Trinajstić information content (AvgIpc) is 2.86. The molecule has 2 rings (SSSR count). The summed E-state index contributed by atoms with van der Waals surface area (Å²) >= 11 is 1.67. The Hall–Kier alpha value is -1.69. The molecule has 114 valence electrons. The Labute approximate surface area is 130 Å². The van der Waals surface area contributed by atoms with E-state index in [-0.39, 0.29) is 6.04 Å². The fraction of sp³-hybridized carbons (Fsp3) is 0.533. The van der Waals surface area contributed by atoms with Gasteiger partial charge in [0.2, 0.25) is 0 Å². The van der Waals surface area contributed by atoms with Crippen LogP contribution in [-0.2, 0) is 6.42 Å². The lowest BCUT2D eigenvalue weighted by molar-refractivity contribution is 0.814. The van der Waals surface area contributed by atoms with E-state index in [4.69, 9.17) is 0 Å². The van der Waals surface area contributed by atoms with Gasteiger partial charge in [0, 0.05) is 30.1 Å². The number of aromatic nitrogens is 3. The van der Waals surface area contributed by atoms with Gasteiger partial charge in [-0.25, -0.2) is 15.0 Å². The lowest BCUT2D eigenvalue weighted by Crippen LogP contribution is -2.11. The maximum atomic E-state index is 4.59. The van der Waals surface area contributed by atoms with E-state index in [0.29, 0.717) is 0 Å². The van der Waals surface area contributed by atoms with Gasteiger partial charge in [0.1, 0.15) is 22.5 Å². The zero-order valence-corrected chi connectivity index (χ0v) is 13.9. The fourth-order valence-electron chi connectivity index (χ4n) is 2.03. The summed E-state index contributed by atoms with van der Waals surface area (Å²) in [5.41, 5.74) is 1.06. The molecule has 1 unspecified atom stereocenters. The highest BCUT2D eigenvalue weighted by Crippen LogP contribution is 2.22. The van der Waals surface area contributed by atoms with Gasteiger partial charge in [-0.05, 0) is 27.2 Å². The van der Waals surface area contributed by atoms with Crippen LogP contribution >= 0.6 is 11.3 Å². The van der Waals surface area contributed by atoms with E-state index in [0.717, 1.165) is 47.5 Å². The molecule has 2 N–H and O–H groups in total. The Balaban J connectivity index is 2.17. The molecule has 2 aromatic rings. The second-order valence-corrected chi connectivity index (χ2v) is 5.92. The summed E-state index contributed by atoms with van der Waals surface area (Å²) in [5.74, 6) is 2.60. The molecule has 0 radical (unpaired) electrons. The molecule has 0 aliphatic carbocycles. The Morgan fingerprint density at radius 3 is 2.57 bits per heavy atom. The third kappa shape index (κ3) is 4.39. The molecule has 2 aromatic heterocycles. The lowest BCUT2D eigenvalue weighted by atomic mass is 10.3. The Kier molecular flexibility index (Phi) is 5.50. The predicted molar refractivity (Wildman–Crippen MR) is 89.1 cm³/mol. The van der Waals surface area contributed by atoms with Crippen molar-refractivity contribution in [3.63, 3.8) is 0 Å². The summed E-state index contributed by atoms with van der Waals surface area (Å²) < 4.78 is 0. The Morgan fingerprint density at radius 1 is 1.19 bits per heavy atom. The summed E-state index contributed by atoms with van der Waals surface area (Å²) in [6.45, 7) is 9.17. The molecule has 21 heavy (non-hydrogen) atoms. The highest BCUT2D eigenvalue weighted by atomic mass is 32.1. The molecule has 5 nitrogen and oxygen atoms in total. The van der Waals surface area contributed by atoms with Crippen LogP contribution in [0, 0.1) is 6.92 Å². The topological polar surface area (TPSA) is 62.7 Å². The van der Waals surface area contributed by atoms with Crippen LogP contribution in [0.3, 0.4) is 0 Å². The summed E-state index contributed by atoms with van der Waals surface area (Å²) in [5, 5.41) is 9.83. The number of thiazole rings is 1. The average molecular weight is 305 g/mol. The summed E-state index contributed by atoms with van der Waals surface area (Å²) in [6.07, 6.45) is 1.93. The smallest absolute Gasteiger partial charge is 0.133 e. The Bertz CT molecular complexity index is 557. The third-order valence-electron chi connectivity index (χ3n) is 2.98. The molecule has 1 atom stereocenters. The monoisotopic (exact) mass is 305 g/mol. The van der Waals surface area contributed by atoms with E-state index in [1.807, 2.05) is 13.0 Å². The normalized spacial score (nSPS) is 12.2. The number of nitrogens with zero attached hydrogens (tertiary/aromatic N) is 3. The highest BCUT2D eigenvalue weighted by Gasteiger charge is 2.11. The van der Waals surface area contributed by atoms with Crippen LogP contribution in [0.4, 0.5) is 11.6 Å². The first-order chi connectivity index (χ1) is 10.1. The molecule has 0 saturated heterocycles. The second kappa shape index (κ2) is 7.36. The maximum Gasteiger partial charge on any atom is 0.133 e. The second-order valence-electron chi connectivity index (χ2n) is 5.03. The van der Waals surface area contributed by atoms with Gasteiger partial charge in [-0.1, -0.05) is 6.92 Å². The molecule has 0 aromatic carbocycles. The van der Waals surface area contributed by atoms with Gasteiger partial charge in [0.15, 0.2) is 0 Å². The number of nitrogens with one attached hydrogen (secondary N) is 2. The van der Waals surface area contributed by atoms with Crippen LogP contribution in [0.2, 0.25) is 0 Å². The van der Waals surface area contributed by atoms with Crippen LogP contribution in [0.5, 0.6) is 0 Å². The summed E-state index contributed by atoms with van der Waals surface area (Å²) in [4.78, 5) is 13.6. The number of hydrogen-bond donors (Lipinski definition) is 2. The molecule has 0 spiro atoms. The first-order valence-corrected chi connectivity index (χ1v) is 8.30. The standard InChI is InChI=1S/C15H23N5S/c1-5-7-12-19-13(16-6-2)8-14(20-12)18-11(4)15-17-10(3)9-21-15/h8-9,11H,5-7H2,1-4H3,(H2,16,18,19,20). The minimum Gasteiger partial charge on any atom is -0.370 e. The van der Waals surface area contributed by atoms with Gasteiger partial charge in [0.05, 0.1) is 6.04 Å². The molecule has 0 bridgehead atoms. The zero-order chi connectivity index (χ0) is 15.2. The van der Waals surface area contributed by atoms with Crippen molar-refractivity contribution in [1.29, 1.82) is 0 Å². The zero-order valence-electron chi connectivity index (χ0n) is 13.1. The van der Waals surface area contributed by atoms with Gasteiger partial charge < -0.3 is 10.6 Å². The fourth-order valence-corrected chi connectivity index (χ4v) is 2.84. The number of hydrogen-bond acceptors (Lipinski definition) is 6. The minimum absolute atomic E-state index is 0.141. The largest absolute Gasteiger partial charge is 0.370 e. The molecule has 6 heteroatoms. The van der Waals surface area contributed by atoms with E-state index in [2.05, 4.69) is 51.7 Å². The van der Waals surface area contributed by atoms with E-state index < -0.39 is 0 Å². The predicted octanol–water partition coefficient (Wildman–Crippen LogP) is 3.80.